The number of rotatable bonds is 8. The molecule has 3 rings (SSSR count). The topological polar surface area (TPSA) is 63.0 Å². The minimum absolute atomic E-state index is 0.158. The maximum Gasteiger partial charge on any atom is 0.310 e. The summed E-state index contributed by atoms with van der Waals surface area (Å²) in [5.74, 6) is 0.471. The van der Waals surface area contributed by atoms with E-state index < -0.39 is 0 Å². The zero-order valence-electron chi connectivity index (χ0n) is 19.1. The van der Waals surface area contributed by atoms with Crippen molar-refractivity contribution in [1.82, 2.24) is 9.80 Å². The van der Waals surface area contributed by atoms with E-state index in [1.165, 1.54) is 11.1 Å². The molecule has 1 aromatic carbocycles. The third kappa shape index (κ3) is 6.20. The first-order valence-corrected chi connectivity index (χ1v) is 11.2. The van der Waals surface area contributed by atoms with Crippen molar-refractivity contribution in [1.29, 1.82) is 0 Å². The summed E-state index contributed by atoms with van der Waals surface area (Å²) in [4.78, 5) is 29.0. The number of piperidine rings is 1. The predicted molar refractivity (Wildman–Crippen MR) is 120 cm³/mol. The number of carbonyl (C=O) groups excluding carboxylic acids is 2. The van der Waals surface area contributed by atoms with Crippen LogP contribution >= 0.6 is 0 Å². The normalized spacial score (nSPS) is 16.7. The Labute approximate surface area is 185 Å². The van der Waals surface area contributed by atoms with Gasteiger partial charge in [-0.05, 0) is 58.2 Å². The molecular weight excluding hydrogens is 392 g/mol. The van der Waals surface area contributed by atoms with Gasteiger partial charge in [-0.3, -0.25) is 14.5 Å². The van der Waals surface area contributed by atoms with Crippen molar-refractivity contribution < 1.29 is 18.7 Å². The molecule has 1 aromatic heterocycles. The second kappa shape index (κ2) is 10.6. The highest BCUT2D eigenvalue weighted by atomic mass is 16.5. The number of ether oxygens (including phenoxy) is 1. The minimum atomic E-state index is -0.252. The van der Waals surface area contributed by atoms with Gasteiger partial charge in [-0.25, -0.2) is 0 Å². The third-order valence-corrected chi connectivity index (χ3v) is 5.80. The van der Waals surface area contributed by atoms with Gasteiger partial charge in [-0.1, -0.05) is 29.8 Å². The molecule has 2 aromatic rings. The highest BCUT2D eigenvalue weighted by Gasteiger charge is 2.31. The molecule has 0 N–H and O–H groups in total. The number of likely N-dealkylation sites (tertiary alicyclic amines) is 1. The lowest BCUT2D eigenvalue weighted by Gasteiger charge is -2.30. The molecule has 1 amide bonds. The van der Waals surface area contributed by atoms with Crippen LogP contribution in [-0.2, 0) is 22.6 Å². The molecule has 2 heterocycles. The Kier molecular flexibility index (Phi) is 7.91. The number of hydrogen-bond donors (Lipinski definition) is 0. The van der Waals surface area contributed by atoms with E-state index in [0.29, 0.717) is 38.0 Å². The van der Waals surface area contributed by atoms with Crippen LogP contribution in [0, 0.1) is 12.8 Å². The molecule has 1 aliphatic heterocycles. The molecule has 0 aliphatic carbocycles. The quantitative estimate of drug-likeness (QED) is 0.585. The average molecular weight is 427 g/mol. The molecule has 0 saturated carbocycles. The maximum absolute atomic E-state index is 12.9. The van der Waals surface area contributed by atoms with E-state index in [9.17, 15) is 9.59 Å². The summed E-state index contributed by atoms with van der Waals surface area (Å²) in [6.45, 7) is 11.0. The predicted octanol–water partition coefficient (Wildman–Crippen LogP) is 4.41. The smallest absolute Gasteiger partial charge is 0.310 e. The van der Waals surface area contributed by atoms with Gasteiger partial charge >= 0.3 is 5.97 Å². The fourth-order valence-electron chi connectivity index (χ4n) is 3.90. The summed E-state index contributed by atoms with van der Waals surface area (Å²) in [6.07, 6.45) is 1.55. The Balaban J connectivity index is 1.63. The van der Waals surface area contributed by atoms with E-state index in [4.69, 9.17) is 9.15 Å². The van der Waals surface area contributed by atoms with Gasteiger partial charge < -0.3 is 14.1 Å². The van der Waals surface area contributed by atoms with Crippen molar-refractivity contribution in [3.8, 4) is 0 Å². The van der Waals surface area contributed by atoms with E-state index >= 15 is 0 Å². The second-order valence-electron chi connectivity index (χ2n) is 8.59. The van der Waals surface area contributed by atoms with E-state index in [0.717, 1.165) is 25.1 Å². The zero-order chi connectivity index (χ0) is 22.4. The molecule has 1 unspecified atom stereocenters. The van der Waals surface area contributed by atoms with Crippen molar-refractivity contribution in [3.05, 3.63) is 59.0 Å². The van der Waals surface area contributed by atoms with Crippen LogP contribution in [0.1, 0.15) is 61.1 Å². The molecule has 1 fully saturated rings. The second-order valence-corrected chi connectivity index (χ2v) is 8.59. The highest BCUT2D eigenvalue weighted by molar-refractivity contribution is 5.92. The van der Waals surface area contributed by atoms with Crippen LogP contribution in [0.3, 0.4) is 0 Å². The molecule has 0 bridgehead atoms. The van der Waals surface area contributed by atoms with Crippen LogP contribution in [-0.4, -0.2) is 47.4 Å². The van der Waals surface area contributed by atoms with Crippen LogP contribution in [0.5, 0.6) is 0 Å². The Morgan fingerprint density at radius 2 is 1.90 bits per heavy atom. The Morgan fingerprint density at radius 3 is 2.58 bits per heavy atom. The van der Waals surface area contributed by atoms with Crippen LogP contribution in [0.2, 0.25) is 0 Å². The summed E-state index contributed by atoms with van der Waals surface area (Å²) in [5.41, 5.74) is 2.50. The molecule has 6 nitrogen and oxygen atoms in total. The van der Waals surface area contributed by atoms with Crippen LogP contribution in [0.15, 0.2) is 40.8 Å². The van der Waals surface area contributed by atoms with Crippen molar-refractivity contribution in [2.75, 3.05) is 19.7 Å². The monoisotopic (exact) mass is 426 g/mol. The fourth-order valence-corrected chi connectivity index (χ4v) is 3.90. The van der Waals surface area contributed by atoms with Gasteiger partial charge in [0, 0.05) is 25.7 Å². The zero-order valence-corrected chi connectivity index (χ0v) is 19.1. The Bertz CT molecular complexity index is 872. The number of carbonyl (C=O) groups is 2. The Morgan fingerprint density at radius 1 is 1.16 bits per heavy atom. The summed E-state index contributed by atoms with van der Waals surface area (Å²) in [6, 6.07) is 12.5. The summed E-state index contributed by atoms with van der Waals surface area (Å²) in [7, 11) is 0. The van der Waals surface area contributed by atoms with Crippen LogP contribution in [0.25, 0.3) is 0 Å². The Hall–Kier alpha value is -2.60. The number of aryl methyl sites for hydroxylation is 1. The summed E-state index contributed by atoms with van der Waals surface area (Å²) in [5, 5.41) is 0. The molecule has 6 heteroatoms. The van der Waals surface area contributed by atoms with Gasteiger partial charge in [0.15, 0.2) is 5.76 Å². The molecule has 168 valence electrons. The molecule has 1 saturated heterocycles. The minimum Gasteiger partial charge on any atom is -0.466 e. The first kappa shape index (κ1) is 23.1. The summed E-state index contributed by atoms with van der Waals surface area (Å²) < 4.78 is 11.1. The molecule has 31 heavy (non-hydrogen) atoms. The van der Waals surface area contributed by atoms with Gasteiger partial charge in [0.05, 0.1) is 19.1 Å². The van der Waals surface area contributed by atoms with E-state index in [2.05, 4.69) is 49.9 Å². The largest absolute Gasteiger partial charge is 0.466 e. The number of amides is 1. The number of esters is 1. The first-order valence-electron chi connectivity index (χ1n) is 11.2. The molecule has 1 atom stereocenters. The lowest BCUT2D eigenvalue weighted by atomic mass is 9.98. The number of furan rings is 1. The maximum atomic E-state index is 12.9. The highest BCUT2D eigenvalue weighted by Crippen LogP contribution is 2.22. The van der Waals surface area contributed by atoms with Crippen LogP contribution < -0.4 is 0 Å². The van der Waals surface area contributed by atoms with Gasteiger partial charge in [0.25, 0.3) is 5.91 Å². The standard InChI is InChI=1S/C25H34N2O4/c1-5-30-25(29)21-7-6-14-26(16-21)24(28)23-13-12-22(31-23)17-27(18(2)3)15-20-10-8-19(4)9-11-20/h8-13,18,21H,5-7,14-17H2,1-4H3. The SMILES string of the molecule is CCOC(=O)C1CCCN(C(=O)c2ccc(CN(Cc3ccc(C)cc3)C(C)C)o2)C1. The molecule has 0 radical (unpaired) electrons. The fraction of sp³-hybridized carbons (Fsp3) is 0.520. The molecule has 0 spiro atoms. The van der Waals surface area contributed by atoms with Gasteiger partial charge in [0.1, 0.15) is 5.76 Å². The molecule has 1 aliphatic rings. The van der Waals surface area contributed by atoms with Crippen LogP contribution in [0.4, 0.5) is 0 Å². The van der Waals surface area contributed by atoms with E-state index in [1.807, 2.05) is 6.07 Å². The third-order valence-electron chi connectivity index (χ3n) is 5.80. The van der Waals surface area contributed by atoms with Crippen molar-refractivity contribution >= 4 is 11.9 Å². The van der Waals surface area contributed by atoms with Crippen molar-refractivity contribution in [3.63, 3.8) is 0 Å². The van der Waals surface area contributed by atoms with Crippen molar-refractivity contribution in [2.45, 2.75) is 59.7 Å². The van der Waals surface area contributed by atoms with Gasteiger partial charge in [0.2, 0.25) is 0 Å². The lowest BCUT2D eigenvalue weighted by Crippen LogP contribution is -2.42. The number of nitrogens with zero attached hydrogens (tertiary/aromatic N) is 2. The number of hydrogen-bond acceptors (Lipinski definition) is 5. The number of benzene rings is 1. The first-order chi connectivity index (χ1) is 14.9. The average Bonchev–Trinajstić information content (AvgIpc) is 3.23. The van der Waals surface area contributed by atoms with Crippen molar-refractivity contribution in [2.24, 2.45) is 5.92 Å². The van der Waals surface area contributed by atoms with E-state index in [1.54, 1.807) is 17.9 Å². The van der Waals surface area contributed by atoms with Gasteiger partial charge in [-0.15, -0.1) is 0 Å². The van der Waals surface area contributed by atoms with Gasteiger partial charge in [-0.2, -0.15) is 0 Å². The summed E-state index contributed by atoms with van der Waals surface area (Å²) >= 11 is 0. The molecular formula is C25H34N2O4. The van der Waals surface area contributed by atoms with E-state index in [-0.39, 0.29) is 17.8 Å². The lowest BCUT2D eigenvalue weighted by molar-refractivity contribution is -0.149.